The number of benzene rings is 1. The van der Waals surface area contributed by atoms with E-state index in [1.165, 1.54) is 18.2 Å². The molecule has 6 nitrogen and oxygen atoms in total. The molecule has 0 bridgehead atoms. The first-order valence-electron chi connectivity index (χ1n) is 4.85. The van der Waals surface area contributed by atoms with E-state index in [2.05, 4.69) is 0 Å². The molecular weight excluding hydrogens is 248 g/mol. The number of halogens is 1. The average Bonchev–Trinajstić information content (AvgIpc) is 2.25. The molecule has 92 valence electrons. The molecule has 1 aromatic carbocycles. The predicted molar refractivity (Wildman–Crippen MR) is 62.0 cm³/mol. The van der Waals surface area contributed by atoms with Gasteiger partial charge < -0.3 is 10.5 Å². The molecule has 0 heterocycles. The van der Waals surface area contributed by atoms with E-state index in [0.29, 0.717) is 6.42 Å². The highest BCUT2D eigenvalue weighted by molar-refractivity contribution is 6.30. The fourth-order valence-electron chi connectivity index (χ4n) is 1.23. The number of nitro groups is 1. The van der Waals surface area contributed by atoms with Crippen molar-refractivity contribution in [2.75, 3.05) is 0 Å². The van der Waals surface area contributed by atoms with Gasteiger partial charge in [0, 0.05) is 17.2 Å². The van der Waals surface area contributed by atoms with Gasteiger partial charge in [-0.05, 0) is 12.5 Å². The standard InChI is InChI=1S/C10H11ClN2O4/c1-2-8(10(12)14)17-9-5-6(11)3-4-7(9)13(15)16/h3-5,8H,2H2,1H3,(H2,12,14). The molecule has 1 unspecified atom stereocenters. The van der Waals surface area contributed by atoms with Gasteiger partial charge in [0.25, 0.3) is 5.91 Å². The lowest BCUT2D eigenvalue weighted by molar-refractivity contribution is -0.386. The molecular formula is C10H11ClN2O4. The van der Waals surface area contributed by atoms with Crippen LogP contribution in [0.1, 0.15) is 13.3 Å². The Morgan fingerprint density at radius 1 is 1.65 bits per heavy atom. The Bertz CT molecular complexity index is 450. The predicted octanol–water partition coefficient (Wildman–Crippen LogP) is 1.89. The Labute approximate surface area is 102 Å². The molecule has 0 saturated heterocycles. The number of nitrogens with two attached hydrogens (primary N) is 1. The molecule has 0 aromatic heterocycles. The van der Waals surface area contributed by atoms with E-state index in [-0.39, 0.29) is 16.5 Å². The highest BCUT2D eigenvalue weighted by Crippen LogP contribution is 2.30. The number of rotatable bonds is 5. The highest BCUT2D eigenvalue weighted by Gasteiger charge is 2.21. The van der Waals surface area contributed by atoms with E-state index >= 15 is 0 Å². The maximum Gasteiger partial charge on any atom is 0.311 e. The van der Waals surface area contributed by atoms with Crippen LogP contribution in [0.25, 0.3) is 0 Å². The van der Waals surface area contributed by atoms with Gasteiger partial charge in [0.1, 0.15) is 0 Å². The summed E-state index contributed by atoms with van der Waals surface area (Å²) in [6, 6.07) is 3.87. The summed E-state index contributed by atoms with van der Waals surface area (Å²) in [5.74, 6) is -0.741. The SMILES string of the molecule is CCC(Oc1cc(Cl)ccc1[N+](=O)[O-])C(N)=O. The van der Waals surface area contributed by atoms with Gasteiger partial charge in [0.15, 0.2) is 11.9 Å². The van der Waals surface area contributed by atoms with Gasteiger partial charge in [-0.1, -0.05) is 18.5 Å². The van der Waals surface area contributed by atoms with Crippen LogP contribution in [-0.2, 0) is 4.79 Å². The number of ether oxygens (including phenoxy) is 1. The number of amides is 1. The van der Waals surface area contributed by atoms with E-state index in [0.717, 1.165) is 0 Å². The maximum atomic E-state index is 11.0. The summed E-state index contributed by atoms with van der Waals surface area (Å²) in [5.41, 5.74) is 4.84. The fraction of sp³-hybridized carbons (Fsp3) is 0.300. The van der Waals surface area contributed by atoms with Gasteiger partial charge in [-0.15, -0.1) is 0 Å². The van der Waals surface area contributed by atoms with Gasteiger partial charge in [-0.2, -0.15) is 0 Å². The van der Waals surface area contributed by atoms with Crippen molar-refractivity contribution in [3.8, 4) is 5.75 Å². The minimum absolute atomic E-state index is 0.0619. The van der Waals surface area contributed by atoms with Crippen molar-refractivity contribution in [2.24, 2.45) is 5.73 Å². The fourth-order valence-corrected chi connectivity index (χ4v) is 1.39. The van der Waals surface area contributed by atoms with Crippen LogP contribution in [0.4, 0.5) is 5.69 Å². The molecule has 0 radical (unpaired) electrons. The number of nitrogens with zero attached hydrogens (tertiary/aromatic N) is 1. The van der Waals surface area contributed by atoms with Gasteiger partial charge in [0.05, 0.1) is 4.92 Å². The third-order valence-electron chi connectivity index (χ3n) is 2.08. The van der Waals surface area contributed by atoms with Crippen LogP contribution in [0.15, 0.2) is 18.2 Å². The normalized spacial score (nSPS) is 11.9. The van der Waals surface area contributed by atoms with Crippen molar-refractivity contribution in [1.82, 2.24) is 0 Å². The molecule has 7 heteroatoms. The topological polar surface area (TPSA) is 95.5 Å². The van der Waals surface area contributed by atoms with Crippen molar-refractivity contribution in [3.63, 3.8) is 0 Å². The minimum Gasteiger partial charge on any atom is -0.473 e. The second-order valence-corrected chi connectivity index (χ2v) is 3.72. The van der Waals surface area contributed by atoms with Crippen LogP contribution in [0.3, 0.4) is 0 Å². The van der Waals surface area contributed by atoms with Gasteiger partial charge in [-0.25, -0.2) is 0 Å². The number of hydrogen-bond donors (Lipinski definition) is 1. The zero-order chi connectivity index (χ0) is 13.0. The molecule has 0 spiro atoms. The molecule has 1 aromatic rings. The zero-order valence-corrected chi connectivity index (χ0v) is 9.81. The van der Waals surface area contributed by atoms with Gasteiger partial charge in [-0.3, -0.25) is 14.9 Å². The van der Waals surface area contributed by atoms with Crippen LogP contribution in [0.2, 0.25) is 5.02 Å². The van der Waals surface area contributed by atoms with Gasteiger partial charge in [0.2, 0.25) is 0 Å². The van der Waals surface area contributed by atoms with Crippen LogP contribution < -0.4 is 10.5 Å². The monoisotopic (exact) mass is 258 g/mol. The van der Waals surface area contributed by atoms with E-state index in [1.54, 1.807) is 6.92 Å². The van der Waals surface area contributed by atoms with Crippen molar-refractivity contribution in [3.05, 3.63) is 33.3 Å². The summed E-state index contributed by atoms with van der Waals surface area (Å²) >= 11 is 5.71. The van der Waals surface area contributed by atoms with Gasteiger partial charge >= 0.3 is 5.69 Å². The van der Waals surface area contributed by atoms with Crippen molar-refractivity contribution in [2.45, 2.75) is 19.4 Å². The number of hydrogen-bond acceptors (Lipinski definition) is 4. The Morgan fingerprint density at radius 2 is 2.29 bits per heavy atom. The molecule has 1 atom stereocenters. The number of carbonyl (C=O) groups is 1. The number of carbonyl (C=O) groups excluding carboxylic acids is 1. The first-order chi connectivity index (χ1) is 7.95. The maximum absolute atomic E-state index is 11.0. The molecule has 2 N–H and O–H groups in total. The Hall–Kier alpha value is -1.82. The van der Waals surface area contributed by atoms with E-state index in [1.807, 2.05) is 0 Å². The summed E-state index contributed by atoms with van der Waals surface area (Å²) in [6.07, 6.45) is -0.592. The largest absolute Gasteiger partial charge is 0.473 e. The lowest BCUT2D eigenvalue weighted by Gasteiger charge is -2.14. The first kappa shape index (κ1) is 13.2. The first-order valence-corrected chi connectivity index (χ1v) is 5.23. The van der Waals surface area contributed by atoms with E-state index in [4.69, 9.17) is 22.1 Å². The van der Waals surface area contributed by atoms with E-state index in [9.17, 15) is 14.9 Å². The molecule has 0 aliphatic heterocycles. The molecule has 17 heavy (non-hydrogen) atoms. The van der Waals surface area contributed by atoms with Crippen molar-refractivity contribution in [1.29, 1.82) is 0 Å². The lowest BCUT2D eigenvalue weighted by Crippen LogP contribution is -2.33. The Balaban J connectivity index is 3.07. The average molecular weight is 259 g/mol. The van der Waals surface area contributed by atoms with Crippen molar-refractivity contribution < 1.29 is 14.5 Å². The second-order valence-electron chi connectivity index (χ2n) is 3.29. The zero-order valence-electron chi connectivity index (χ0n) is 9.05. The summed E-state index contributed by atoms with van der Waals surface area (Å²) in [4.78, 5) is 21.1. The van der Waals surface area contributed by atoms with Crippen LogP contribution >= 0.6 is 11.6 Å². The van der Waals surface area contributed by atoms with Crippen LogP contribution in [-0.4, -0.2) is 16.9 Å². The summed E-state index contributed by atoms with van der Waals surface area (Å²) in [5, 5.41) is 11.0. The van der Waals surface area contributed by atoms with Crippen molar-refractivity contribution >= 4 is 23.2 Å². The molecule has 0 aliphatic rings. The molecule has 1 amide bonds. The summed E-state index contributed by atoms with van der Waals surface area (Å²) < 4.78 is 5.20. The third kappa shape index (κ3) is 3.32. The molecule has 0 saturated carbocycles. The Kier molecular flexibility index (Phi) is 4.28. The quantitative estimate of drug-likeness (QED) is 0.644. The summed E-state index contributed by atoms with van der Waals surface area (Å²) in [7, 11) is 0. The summed E-state index contributed by atoms with van der Waals surface area (Å²) in [6.45, 7) is 1.69. The number of nitro benzene ring substituents is 1. The molecule has 0 fully saturated rings. The third-order valence-corrected chi connectivity index (χ3v) is 2.31. The lowest BCUT2D eigenvalue weighted by atomic mass is 10.2. The Morgan fingerprint density at radius 3 is 2.76 bits per heavy atom. The highest BCUT2D eigenvalue weighted by atomic mass is 35.5. The minimum atomic E-state index is -0.910. The van der Waals surface area contributed by atoms with E-state index < -0.39 is 16.9 Å². The second kappa shape index (κ2) is 5.49. The van der Waals surface area contributed by atoms with Crippen LogP contribution in [0.5, 0.6) is 5.75 Å². The molecule has 0 aliphatic carbocycles. The molecule has 1 rings (SSSR count). The van der Waals surface area contributed by atoms with Crippen LogP contribution in [0, 0.1) is 10.1 Å². The number of primary amides is 1. The smallest absolute Gasteiger partial charge is 0.311 e.